The van der Waals surface area contributed by atoms with Gasteiger partial charge >= 0.3 is 0 Å². The molecule has 0 aliphatic heterocycles. The maximum atomic E-state index is 12.5. The fourth-order valence-corrected chi connectivity index (χ4v) is 3.34. The van der Waals surface area contributed by atoms with Gasteiger partial charge in [-0.15, -0.1) is 0 Å². The van der Waals surface area contributed by atoms with Crippen LogP contribution in [0.3, 0.4) is 0 Å². The third-order valence-electron chi connectivity index (χ3n) is 4.52. The van der Waals surface area contributed by atoms with Crippen molar-refractivity contribution < 1.29 is 14.3 Å². The molecule has 0 saturated carbocycles. The summed E-state index contributed by atoms with van der Waals surface area (Å²) in [4.78, 5) is 12.5. The fraction of sp³-hybridized carbons (Fsp3) is 0.474. The third-order valence-corrected chi connectivity index (χ3v) is 4.52. The second-order valence-electron chi connectivity index (χ2n) is 6.85. The van der Waals surface area contributed by atoms with Gasteiger partial charge in [0.1, 0.15) is 5.69 Å². The number of hydrogen-bond acceptors (Lipinski definition) is 4. The van der Waals surface area contributed by atoms with Crippen LogP contribution in [0, 0.1) is 5.92 Å². The highest BCUT2D eigenvalue weighted by molar-refractivity contribution is 5.92. The van der Waals surface area contributed by atoms with Crippen LogP contribution in [0.25, 0.3) is 0 Å². The Morgan fingerprint density at radius 2 is 2.00 bits per heavy atom. The number of ether oxygens (including phenoxy) is 2. The van der Waals surface area contributed by atoms with Crippen LogP contribution in [0.2, 0.25) is 0 Å². The molecule has 134 valence electrons. The van der Waals surface area contributed by atoms with Gasteiger partial charge in [-0.05, 0) is 54.5 Å². The second kappa shape index (κ2) is 7.17. The van der Waals surface area contributed by atoms with Crippen molar-refractivity contribution >= 4 is 5.91 Å². The van der Waals surface area contributed by atoms with Gasteiger partial charge in [0.15, 0.2) is 11.5 Å². The number of amides is 1. The zero-order valence-corrected chi connectivity index (χ0v) is 15.2. The van der Waals surface area contributed by atoms with Crippen LogP contribution in [-0.2, 0) is 12.8 Å². The molecule has 0 fully saturated rings. The van der Waals surface area contributed by atoms with Gasteiger partial charge in [-0.2, -0.15) is 5.10 Å². The summed E-state index contributed by atoms with van der Waals surface area (Å²) >= 11 is 0. The molecule has 25 heavy (non-hydrogen) atoms. The summed E-state index contributed by atoms with van der Waals surface area (Å²) in [5, 5.41) is 10.2. The number of methoxy groups -OCH3 is 2. The number of H-pyrrole nitrogens is 1. The molecular formula is C19H25N3O3. The Hall–Kier alpha value is -2.50. The lowest BCUT2D eigenvalue weighted by atomic mass is 10.1. The van der Waals surface area contributed by atoms with Gasteiger partial charge in [-0.25, -0.2) is 0 Å². The summed E-state index contributed by atoms with van der Waals surface area (Å²) < 4.78 is 10.7. The molecule has 1 aliphatic carbocycles. The topological polar surface area (TPSA) is 76.2 Å². The van der Waals surface area contributed by atoms with Gasteiger partial charge in [-0.3, -0.25) is 9.89 Å². The molecule has 0 saturated heterocycles. The average molecular weight is 343 g/mol. The summed E-state index contributed by atoms with van der Waals surface area (Å²) in [5.74, 6) is 1.76. The molecule has 2 N–H and O–H groups in total. The maximum absolute atomic E-state index is 12.5. The van der Waals surface area contributed by atoms with Crippen molar-refractivity contribution in [2.75, 3.05) is 14.2 Å². The lowest BCUT2D eigenvalue weighted by Gasteiger charge is -2.15. The molecule has 6 nitrogen and oxygen atoms in total. The quantitative estimate of drug-likeness (QED) is 0.845. The minimum atomic E-state index is -0.154. The van der Waals surface area contributed by atoms with E-state index in [0.29, 0.717) is 17.4 Å². The number of rotatable bonds is 6. The van der Waals surface area contributed by atoms with Gasteiger partial charge in [-0.1, -0.05) is 13.8 Å². The number of hydrogen-bond donors (Lipinski definition) is 2. The van der Waals surface area contributed by atoms with E-state index in [1.165, 1.54) is 5.56 Å². The highest BCUT2D eigenvalue weighted by Crippen LogP contribution is 2.39. The normalized spacial score (nSPS) is 16.0. The standard InChI is InChI=1S/C19H25N3O3/c1-11(2)7-13-9-16(22-21-13)19(23)20-15-6-5-12-8-17(24-3)18(25-4)10-14(12)15/h8-11,15H,5-7H2,1-4H3,(H,20,23)(H,21,22)/t15-/m0/s1. The van der Waals surface area contributed by atoms with Crippen LogP contribution in [0.1, 0.15) is 53.6 Å². The first-order chi connectivity index (χ1) is 12.0. The lowest BCUT2D eigenvalue weighted by molar-refractivity contribution is 0.0931. The summed E-state index contributed by atoms with van der Waals surface area (Å²) in [6, 6.07) is 5.75. The van der Waals surface area contributed by atoms with Crippen molar-refractivity contribution in [2.24, 2.45) is 5.92 Å². The number of aromatic amines is 1. The molecule has 1 amide bonds. The third kappa shape index (κ3) is 3.62. The van der Waals surface area contributed by atoms with E-state index < -0.39 is 0 Å². The minimum absolute atomic E-state index is 0.0347. The largest absolute Gasteiger partial charge is 0.493 e. The summed E-state index contributed by atoms with van der Waals surface area (Å²) in [5.41, 5.74) is 3.69. The first-order valence-electron chi connectivity index (χ1n) is 8.61. The lowest BCUT2D eigenvalue weighted by Crippen LogP contribution is -2.27. The molecule has 0 bridgehead atoms. The molecule has 0 unspecified atom stereocenters. The van der Waals surface area contributed by atoms with Crippen molar-refractivity contribution in [3.63, 3.8) is 0 Å². The van der Waals surface area contributed by atoms with Gasteiger partial charge in [0.2, 0.25) is 0 Å². The first-order valence-corrected chi connectivity index (χ1v) is 8.61. The van der Waals surface area contributed by atoms with Crippen LogP contribution >= 0.6 is 0 Å². The van der Waals surface area contributed by atoms with Crippen LogP contribution in [0.4, 0.5) is 0 Å². The van der Waals surface area contributed by atoms with Gasteiger partial charge < -0.3 is 14.8 Å². The second-order valence-corrected chi connectivity index (χ2v) is 6.85. The maximum Gasteiger partial charge on any atom is 0.272 e. The molecule has 2 aromatic rings. The molecule has 1 atom stereocenters. The average Bonchev–Trinajstić information content (AvgIpc) is 3.20. The highest BCUT2D eigenvalue weighted by atomic mass is 16.5. The molecule has 1 heterocycles. The zero-order valence-electron chi connectivity index (χ0n) is 15.2. The molecule has 1 aromatic heterocycles. The summed E-state index contributed by atoms with van der Waals surface area (Å²) in [7, 11) is 3.25. The van der Waals surface area contributed by atoms with E-state index in [2.05, 4.69) is 29.4 Å². The first kappa shape index (κ1) is 17.3. The Labute approximate surface area is 147 Å². The number of fused-ring (bicyclic) bond motifs is 1. The van der Waals surface area contributed by atoms with Crippen molar-refractivity contribution in [3.8, 4) is 11.5 Å². The van der Waals surface area contributed by atoms with E-state index in [0.717, 1.165) is 36.3 Å². The van der Waals surface area contributed by atoms with E-state index in [9.17, 15) is 4.79 Å². The number of aromatic nitrogens is 2. The van der Waals surface area contributed by atoms with Crippen LogP contribution in [0.15, 0.2) is 18.2 Å². The highest BCUT2D eigenvalue weighted by Gasteiger charge is 2.27. The molecule has 6 heteroatoms. The van der Waals surface area contributed by atoms with E-state index >= 15 is 0 Å². The number of carbonyl (C=O) groups excluding carboxylic acids is 1. The molecule has 1 aromatic carbocycles. The molecular weight excluding hydrogens is 318 g/mol. The number of nitrogens with zero attached hydrogens (tertiary/aromatic N) is 1. The van der Waals surface area contributed by atoms with Crippen molar-refractivity contribution in [2.45, 2.75) is 39.2 Å². The Morgan fingerprint density at radius 3 is 2.68 bits per heavy atom. The van der Waals surface area contributed by atoms with E-state index in [1.807, 2.05) is 18.2 Å². The van der Waals surface area contributed by atoms with Crippen LogP contribution in [0.5, 0.6) is 11.5 Å². The Morgan fingerprint density at radius 1 is 1.28 bits per heavy atom. The number of benzene rings is 1. The smallest absolute Gasteiger partial charge is 0.272 e. The number of nitrogens with one attached hydrogen (secondary N) is 2. The van der Waals surface area contributed by atoms with Crippen LogP contribution in [-0.4, -0.2) is 30.3 Å². The van der Waals surface area contributed by atoms with E-state index in [4.69, 9.17) is 9.47 Å². The van der Waals surface area contributed by atoms with Gasteiger partial charge in [0.25, 0.3) is 5.91 Å². The van der Waals surface area contributed by atoms with Crippen molar-refractivity contribution in [1.29, 1.82) is 0 Å². The summed E-state index contributed by atoms with van der Waals surface area (Å²) in [6.45, 7) is 4.27. The number of carbonyl (C=O) groups is 1. The molecule has 1 aliphatic rings. The van der Waals surface area contributed by atoms with E-state index in [-0.39, 0.29) is 11.9 Å². The fourth-order valence-electron chi connectivity index (χ4n) is 3.34. The van der Waals surface area contributed by atoms with E-state index in [1.54, 1.807) is 14.2 Å². The van der Waals surface area contributed by atoms with Gasteiger partial charge in [0.05, 0.1) is 20.3 Å². The SMILES string of the molecule is COc1cc2c(cc1OC)[C@@H](NC(=O)c1cc(CC(C)C)[nH]n1)CC2. The minimum Gasteiger partial charge on any atom is -0.493 e. The summed E-state index contributed by atoms with van der Waals surface area (Å²) in [6.07, 6.45) is 2.64. The zero-order chi connectivity index (χ0) is 18.0. The van der Waals surface area contributed by atoms with Crippen molar-refractivity contribution in [3.05, 3.63) is 40.7 Å². The molecule has 3 rings (SSSR count). The predicted octanol–water partition coefficient (Wildman–Crippen LogP) is 3.04. The van der Waals surface area contributed by atoms with Gasteiger partial charge in [0, 0.05) is 5.69 Å². The Bertz CT molecular complexity index is 767. The van der Waals surface area contributed by atoms with Crippen LogP contribution < -0.4 is 14.8 Å². The monoisotopic (exact) mass is 343 g/mol. The molecule has 0 spiro atoms. The molecule has 0 radical (unpaired) electrons. The van der Waals surface area contributed by atoms with Crippen molar-refractivity contribution in [1.82, 2.24) is 15.5 Å². The Kier molecular flexibility index (Phi) is 4.97. The Balaban J connectivity index is 1.75. The number of aryl methyl sites for hydroxylation is 1. The predicted molar refractivity (Wildman–Crippen MR) is 95.2 cm³/mol.